The fraction of sp³-hybridized carbons (Fsp3) is 0. The van der Waals surface area contributed by atoms with Gasteiger partial charge < -0.3 is 4.42 Å². The Morgan fingerprint density at radius 1 is 0.321 bits per heavy atom. The van der Waals surface area contributed by atoms with Crippen molar-refractivity contribution >= 4 is 65.0 Å². The summed E-state index contributed by atoms with van der Waals surface area (Å²) in [5, 5.41) is 11.4. The molecule has 2 heterocycles. The van der Waals surface area contributed by atoms with Crippen molar-refractivity contribution in [2.45, 2.75) is 0 Å². The Hall–Kier alpha value is -7.17. The van der Waals surface area contributed by atoms with Gasteiger partial charge in [-0.3, -0.25) is 0 Å². The number of hydrogen-bond donors (Lipinski definition) is 0. The molecule has 0 radical (unpaired) electrons. The molecule has 53 heavy (non-hydrogen) atoms. The van der Waals surface area contributed by atoms with Crippen LogP contribution in [-0.4, -0.2) is 15.0 Å². The minimum atomic E-state index is 0.595. The maximum Gasteiger partial charge on any atom is 0.164 e. The van der Waals surface area contributed by atoms with Gasteiger partial charge in [0.25, 0.3) is 0 Å². The summed E-state index contributed by atoms with van der Waals surface area (Å²) in [5.74, 6) is 1.84. The number of para-hydroxylation sites is 1. The molecule has 0 saturated heterocycles. The molecule has 0 spiro atoms. The lowest BCUT2D eigenvalue weighted by molar-refractivity contribution is 0.670. The van der Waals surface area contributed by atoms with Crippen LogP contribution in [0.5, 0.6) is 0 Å². The molecule has 0 bridgehead atoms. The molecular weight excluding hydrogens is 647 g/mol. The van der Waals surface area contributed by atoms with Crippen LogP contribution < -0.4 is 0 Å². The van der Waals surface area contributed by atoms with E-state index in [9.17, 15) is 0 Å². The van der Waals surface area contributed by atoms with E-state index < -0.39 is 0 Å². The number of furan rings is 1. The predicted molar refractivity (Wildman–Crippen MR) is 219 cm³/mol. The Morgan fingerprint density at radius 2 is 0.925 bits per heavy atom. The second-order valence-electron chi connectivity index (χ2n) is 13.5. The van der Waals surface area contributed by atoms with Gasteiger partial charge in [0.2, 0.25) is 0 Å². The Kier molecular flexibility index (Phi) is 6.52. The molecule has 246 valence electrons. The van der Waals surface area contributed by atoms with Gasteiger partial charge in [-0.2, -0.15) is 0 Å². The van der Waals surface area contributed by atoms with Crippen LogP contribution in [0, 0.1) is 0 Å². The second kappa shape index (κ2) is 11.7. The highest BCUT2D eigenvalue weighted by atomic mass is 16.3. The van der Waals surface area contributed by atoms with E-state index in [4.69, 9.17) is 19.4 Å². The quantitative estimate of drug-likeness (QED) is 0.174. The summed E-state index contributed by atoms with van der Waals surface area (Å²) < 4.78 is 6.72. The first kappa shape index (κ1) is 29.5. The number of hydrogen-bond acceptors (Lipinski definition) is 4. The zero-order valence-electron chi connectivity index (χ0n) is 28.5. The van der Waals surface area contributed by atoms with Crippen LogP contribution in [0.3, 0.4) is 0 Å². The van der Waals surface area contributed by atoms with E-state index in [0.717, 1.165) is 60.5 Å². The summed E-state index contributed by atoms with van der Waals surface area (Å²) in [6.45, 7) is 0. The maximum atomic E-state index is 6.72. The molecule has 9 aromatic carbocycles. The largest absolute Gasteiger partial charge is 0.455 e. The van der Waals surface area contributed by atoms with E-state index in [1.807, 2.05) is 30.3 Å². The maximum absolute atomic E-state index is 6.72. The summed E-state index contributed by atoms with van der Waals surface area (Å²) in [7, 11) is 0. The molecule has 0 atom stereocenters. The smallest absolute Gasteiger partial charge is 0.164 e. The Labute approximate surface area is 304 Å². The molecule has 0 unspecified atom stereocenters. The molecule has 0 fully saturated rings. The minimum absolute atomic E-state index is 0.595. The fourth-order valence-corrected chi connectivity index (χ4v) is 7.98. The van der Waals surface area contributed by atoms with Crippen molar-refractivity contribution in [1.82, 2.24) is 15.0 Å². The predicted octanol–water partition coefficient (Wildman–Crippen LogP) is 13.1. The van der Waals surface area contributed by atoms with Gasteiger partial charge in [-0.1, -0.05) is 146 Å². The molecule has 11 rings (SSSR count). The first-order valence-corrected chi connectivity index (χ1v) is 17.9. The standard InChI is InChI=1S/C49H29N3O/c1-2-14-32(15-3-1)47-50-48(52-49(51-47)43-29-42-35-17-7-6-13-31(35)24-25-39(42)37-18-8-9-19-38(37)43)41-27-26-36(34-23-22-30-12-4-5-16-33(30)28-34)46-45(41)40-20-10-11-21-44(40)53-46/h1-29H. The lowest BCUT2D eigenvalue weighted by Crippen LogP contribution is -2.01. The zero-order valence-corrected chi connectivity index (χ0v) is 28.5. The highest BCUT2D eigenvalue weighted by molar-refractivity contribution is 6.21. The third kappa shape index (κ3) is 4.73. The molecule has 4 nitrogen and oxygen atoms in total. The van der Waals surface area contributed by atoms with Gasteiger partial charge in [0.15, 0.2) is 17.5 Å². The minimum Gasteiger partial charge on any atom is -0.455 e. The zero-order chi connectivity index (χ0) is 34.9. The average molecular weight is 676 g/mol. The monoisotopic (exact) mass is 675 g/mol. The van der Waals surface area contributed by atoms with Crippen molar-refractivity contribution in [3.8, 4) is 45.3 Å². The molecular formula is C49H29N3O. The normalized spacial score (nSPS) is 11.8. The summed E-state index contributed by atoms with van der Waals surface area (Å²) in [6, 6.07) is 61.6. The van der Waals surface area contributed by atoms with E-state index >= 15 is 0 Å². The van der Waals surface area contributed by atoms with Gasteiger partial charge in [0, 0.05) is 33.0 Å². The van der Waals surface area contributed by atoms with Crippen LogP contribution in [0.4, 0.5) is 0 Å². The van der Waals surface area contributed by atoms with Crippen LogP contribution in [0.2, 0.25) is 0 Å². The molecule has 2 aromatic heterocycles. The van der Waals surface area contributed by atoms with Crippen molar-refractivity contribution in [2.75, 3.05) is 0 Å². The Bertz CT molecular complexity index is 3240. The van der Waals surface area contributed by atoms with E-state index in [2.05, 4.69) is 146 Å². The van der Waals surface area contributed by atoms with Crippen LogP contribution in [0.25, 0.3) is 110 Å². The van der Waals surface area contributed by atoms with Gasteiger partial charge in [0.05, 0.1) is 0 Å². The second-order valence-corrected chi connectivity index (χ2v) is 13.5. The Balaban J connectivity index is 1.21. The van der Waals surface area contributed by atoms with Crippen LogP contribution in [0.1, 0.15) is 0 Å². The van der Waals surface area contributed by atoms with Gasteiger partial charge in [-0.25, -0.2) is 15.0 Å². The van der Waals surface area contributed by atoms with E-state index in [1.165, 1.54) is 32.3 Å². The molecule has 0 N–H and O–H groups in total. The molecule has 0 saturated carbocycles. The number of benzene rings is 9. The lowest BCUT2D eigenvalue weighted by Gasteiger charge is -2.14. The van der Waals surface area contributed by atoms with Crippen molar-refractivity contribution < 1.29 is 4.42 Å². The lowest BCUT2D eigenvalue weighted by atomic mass is 9.93. The number of nitrogens with zero attached hydrogens (tertiary/aromatic N) is 3. The highest BCUT2D eigenvalue weighted by Crippen LogP contribution is 2.43. The fourth-order valence-electron chi connectivity index (χ4n) is 7.98. The molecule has 0 amide bonds. The molecule has 11 aromatic rings. The molecule has 0 aliphatic rings. The third-order valence-corrected chi connectivity index (χ3v) is 10.5. The Morgan fingerprint density at radius 3 is 1.77 bits per heavy atom. The van der Waals surface area contributed by atoms with Crippen LogP contribution in [0.15, 0.2) is 180 Å². The van der Waals surface area contributed by atoms with Crippen LogP contribution in [-0.2, 0) is 0 Å². The summed E-state index contributed by atoms with van der Waals surface area (Å²) >= 11 is 0. The SMILES string of the molecule is c1ccc(-c2nc(-c3cc4c5ccccc5ccc4c4ccccc34)nc(-c3ccc(-c4ccc5ccccc5c4)c4oc5ccccc5c34)n2)cc1. The first-order chi connectivity index (χ1) is 26.3. The van der Waals surface area contributed by atoms with Gasteiger partial charge in [0.1, 0.15) is 11.2 Å². The molecule has 4 heteroatoms. The summed E-state index contributed by atoms with van der Waals surface area (Å²) in [4.78, 5) is 15.8. The van der Waals surface area contributed by atoms with E-state index in [0.29, 0.717) is 17.5 Å². The van der Waals surface area contributed by atoms with Crippen LogP contribution >= 0.6 is 0 Å². The van der Waals surface area contributed by atoms with Crippen molar-refractivity contribution in [2.24, 2.45) is 0 Å². The molecule has 0 aliphatic carbocycles. The summed E-state index contributed by atoms with van der Waals surface area (Å²) in [5.41, 5.74) is 6.53. The molecule has 0 aliphatic heterocycles. The van der Waals surface area contributed by atoms with Gasteiger partial charge in [-0.05, 0) is 79.0 Å². The van der Waals surface area contributed by atoms with E-state index in [1.54, 1.807) is 0 Å². The number of rotatable bonds is 4. The third-order valence-electron chi connectivity index (χ3n) is 10.5. The first-order valence-electron chi connectivity index (χ1n) is 17.9. The number of aromatic nitrogens is 3. The van der Waals surface area contributed by atoms with E-state index in [-0.39, 0.29) is 0 Å². The van der Waals surface area contributed by atoms with Crippen molar-refractivity contribution in [3.05, 3.63) is 176 Å². The van der Waals surface area contributed by atoms with Crippen molar-refractivity contribution in [3.63, 3.8) is 0 Å². The van der Waals surface area contributed by atoms with Crippen molar-refractivity contribution in [1.29, 1.82) is 0 Å². The number of fused-ring (bicyclic) bond motifs is 9. The van der Waals surface area contributed by atoms with Gasteiger partial charge in [-0.15, -0.1) is 0 Å². The topological polar surface area (TPSA) is 51.8 Å². The van der Waals surface area contributed by atoms with Gasteiger partial charge >= 0.3 is 0 Å². The average Bonchev–Trinajstić information content (AvgIpc) is 3.63. The summed E-state index contributed by atoms with van der Waals surface area (Å²) in [6.07, 6.45) is 0. The highest BCUT2D eigenvalue weighted by Gasteiger charge is 2.22.